The van der Waals surface area contributed by atoms with Gasteiger partial charge in [0.05, 0.1) is 29.5 Å². The van der Waals surface area contributed by atoms with Crippen LogP contribution in [0, 0.1) is 4.84 Å². The number of hydrogen-bond donors (Lipinski definition) is 0. The molecule has 22 heavy (non-hydrogen) atoms. The highest BCUT2D eigenvalue weighted by molar-refractivity contribution is 7.71. The second-order valence-corrected chi connectivity index (χ2v) is 6.34. The van der Waals surface area contributed by atoms with Gasteiger partial charge in [0.25, 0.3) is 4.84 Å². The molecular formula is C15H18ClN3O2S. The smallest absolute Gasteiger partial charge is 0.288 e. The number of benzene rings is 1. The Labute approximate surface area is 139 Å². The molecule has 7 heteroatoms. The van der Waals surface area contributed by atoms with Crippen LogP contribution in [0.15, 0.2) is 28.7 Å². The van der Waals surface area contributed by atoms with Gasteiger partial charge in [-0.3, -0.25) is 4.90 Å². The van der Waals surface area contributed by atoms with Crippen LogP contribution in [0.3, 0.4) is 0 Å². The Balaban J connectivity index is 1.81. The Morgan fingerprint density at radius 1 is 1.27 bits per heavy atom. The van der Waals surface area contributed by atoms with Crippen molar-refractivity contribution >= 4 is 23.8 Å². The number of aromatic nitrogens is 2. The standard InChI is InChI=1S/C15H18ClN3O2S/c1-10-7-18(8-11(2)20-10)9-19-15(22)21-14(17-19)12-5-3-4-6-13(12)16/h3-6,10-11H,7-9H2,1-2H3/t10-,11+. The van der Waals surface area contributed by atoms with Gasteiger partial charge in [-0.05, 0) is 38.2 Å². The maximum atomic E-state index is 6.18. The zero-order chi connectivity index (χ0) is 15.7. The fourth-order valence-corrected chi connectivity index (χ4v) is 3.12. The first-order valence-corrected chi connectivity index (χ1v) is 8.02. The zero-order valence-corrected chi connectivity index (χ0v) is 14.1. The van der Waals surface area contributed by atoms with Crippen LogP contribution in [0.5, 0.6) is 0 Å². The van der Waals surface area contributed by atoms with Crippen LogP contribution in [0.2, 0.25) is 5.02 Å². The van der Waals surface area contributed by atoms with Crippen molar-refractivity contribution in [3.8, 4) is 11.5 Å². The molecule has 0 bridgehead atoms. The molecule has 1 aromatic carbocycles. The van der Waals surface area contributed by atoms with E-state index in [2.05, 4.69) is 23.8 Å². The molecule has 3 rings (SSSR count). The predicted molar refractivity (Wildman–Crippen MR) is 87.4 cm³/mol. The highest BCUT2D eigenvalue weighted by atomic mass is 35.5. The van der Waals surface area contributed by atoms with Crippen LogP contribution in [-0.2, 0) is 11.4 Å². The second kappa shape index (κ2) is 6.50. The van der Waals surface area contributed by atoms with Crippen LogP contribution < -0.4 is 0 Å². The summed E-state index contributed by atoms with van der Waals surface area (Å²) >= 11 is 11.5. The van der Waals surface area contributed by atoms with Crippen LogP contribution in [0.25, 0.3) is 11.5 Å². The van der Waals surface area contributed by atoms with Crippen molar-refractivity contribution in [3.05, 3.63) is 34.1 Å². The topological polar surface area (TPSA) is 43.4 Å². The number of rotatable bonds is 3. The third kappa shape index (κ3) is 3.41. The van der Waals surface area contributed by atoms with Crippen molar-refractivity contribution < 1.29 is 9.15 Å². The average Bonchev–Trinajstić information content (AvgIpc) is 2.79. The van der Waals surface area contributed by atoms with Gasteiger partial charge in [-0.15, -0.1) is 5.10 Å². The van der Waals surface area contributed by atoms with Crippen molar-refractivity contribution in [2.45, 2.75) is 32.7 Å². The summed E-state index contributed by atoms with van der Waals surface area (Å²) in [4.78, 5) is 2.61. The molecule has 0 unspecified atom stereocenters. The van der Waals surface area contributed by atoms with Crippen LogP contribution >= 0.6 is 23.8 Å². The maximum absolute atomic E-state index is 6.18. The second-order valence-electron chi connectivity index (χ2n) is 5.59. The summed E-state index contributed by atoms with van der Waals surface area (Å²) in [5.41, 5.74) is 0.748. The molecule has 2 heterocycles. The van der Waals surface area contributed by atoms with Crippen LogP contribution in [-0.4, -0.2) is 40.0 Å². The monoisotopic (exact) mass is 339 g/mol. The minimum atomic E-state index is 0.202. The number of ether oxygens (including phenoxy) is 1. The van der Waals surface area contributed by atoms with E-state index in [0.717, 1.165) is 18.7 Å². The SMILES string of the molecule is C[C@@H]1CN(Cn2nc(-c3ccccc3Cl)oc2=S)C[C@H](C)O1. The van der Waals surface area contributed by atoms with E-state index in [1.165, 1.54) is 0 Å². The van der Waals surface area contributed by atoms with E-state index >= 15 is 0 Å². The molecule has 1 aromatic heterocycles. The van der Waals surface area contributed by atoms with E-state index in [1.807, 2.05) is 18.2 Å². The van der Waals surface area contributed by atoms with Crippen LogP contribution in [0.1, 0.15) is 13.8 Å². The maximum Gasteiger partial charge on any atom is 0.288 e. The first kappa shape index (κ1) is 15.7. The summed E-state index contributed by atoms with van der Waals surface area (Å²) in [6.45, 7) is 6.42. The molecular weight excluding hydrogens is 322 g/mol. The Kier molecular flexibility index (Phi) is 4.63. The first-order valence-electron chi connectivity index (χ1n) is 7.23. The predicted octanol–water partition coefficient (Wildman–Crippen LogP) is 3.59. The van der Waals surface area contributed by atoms with Crippen molar-refractivity contribution in [1.29, 1.82) is 0 Å². The minimum absolute atomic E-state index is 0.202. The van der Waals surface area contributed by atoms with Crippen molar-refractivity contribution in [3.63, 3.8) is 0 Å². The third-order valence-electron chi connectivity index (χ3n) is 3.54. The molecule has 0 saturated carbocycles. The molecule has 0 radical (unpaired) electrons. The molecule has 1 aliphatic rings. The van der Waals surface area contributed by atoms with Gasteiger partial charge in [0.15, 0.2) is 0 Å². The number of nitrogens with zero attached hydrogens (tertiary/aromatic N) is 3. The number of morpholine rings is 1. The fourth-order valence-electron chi connectivity index (χ4n) is 2.73. The summed E-state index contributed by atoms with van der Waals surface area (Å²) in [5, 5.41) is 5.06. The molecule has 2 atom stereocenters. The van der Waals surface area contributed by atoms with Gasteiger partial charge in [0, 0.05) is 13.1 Å². The van der Waals surface area contributed by atoms with E-state index < -0.39 is 0 Å². The molecule has 1 saturated heterocycles. The van der Waals surface area contributed by atoms with Crippen molar-refractivity contribution in [1.82, 2.24) is 14.7 Å². The molecule has 118 valence electrons. The Morgan fingerprint density at radius 3 is 2.64 bits per heavy atom. The molecule has 5 nitrogen and oxygen atoms in total. The minimum Gasteiger partial charge on any atom is -0.409 e. The van der Waals surface area contributed by atoms with E-state index in [0.29, 0.717) is 22.4 Å². The molecule has 0 N–H and O–H groups in total. The Bertz CT molecular complexity index is 705. The summed E-state index contributed by atoms with van der Waals surface area (Å²) in [6, 6.07) is 7.43. The van der Waals surface area contributed by atoms with Crippen molar-refractivity contribution in [2.75, 3.05) is 13.1 Å². The molecule has 2 aromatic rings. The van der Waals surface area contributed by atoms with E-state index in [9.17, 15) is 0 Å². The number of halogens is 1. The molecule has 0 aliphatic carbocycles. The average molecular weight is 340 g/mol. The summed E-state index contributed by atoms with van der Waals surface area (Å²) in [5.74, 6) is 0.449. The lowest BCUT2D eigenvalue weighted by Crippen LogP contribution is -2.46. The molecule has 0 spiro atoms. The fraction of sp³-hybridized carbons (Fsp3) is 0.467. The van der Waals surface area contributed by atoms with E-state index in [4.69, 9.17) is 33.0 Å². The first-order chi connectivity index (χ1) is 10.5. The lowest BCUT2D eigenvalue weighted by molar-refractivity contribution is -0.0778. The van der Waals surface area contributed by atoms with Gasteiger partial charge in [-0.2, -0.15) is 0 Å². The highest BCUT2D eigenvalue weighted by Crippen LogP contribution is 2.26. The summed E-state index contributed by atoms with van der Waals surface area (Å²) in [7, 11) is 0. The largest absolute Gasteiger partial charge is 0.409 e. The van der Waals surface area contributed by atoms with Crippen molar-refractivity contribution in [2.24, 2.45) is 0 Å². The van der Waals surface area contributed by atoms with E-state index in [-0.39, 0.29) is 12.2 Å². The lowest BCUT2D eigenvalue weighted by Gasteiger charge is -2.34. The third-order valence-corrected chi connectivity index (χ3v) is 4.16. The van der Waals surface area contributed by atoms with Gasteiger partial charge >= 0.3 is 0 Å². The lowest BCUT2D eigenvalue weighted by atomic mass is 10.2. The normalized spacial score (nSPS) is 22.9. The Morgan fingerprint density at radius 2 is 1.95 bits per heavy atom. The summed E-state index contributed by atoms with van der Waals surface area (Å²) < 4.78 is 13.0. The van der Waals surface area contributed by atoms with Gasteiger partial charge < -0.3 is 9.15 Å². The molecule has 0 amide bonds. The molecule has 1 fully saturated rings. The van der Waals surface area contributed by atoms with Gasteiger partial charge in [0.2, 0.25) is 5.89 Å². The van der Waals surface area contributed by atoms with Crippen LogP contribution in [0.4, 0.5) is 0 Å². The summed E-state index contributed by atoms with van der Waals surface area (Å²) in [6.07, 6.45) is 0.403. The number of hydrogen-bond acceptors (Lipinski definition) is 5. The van der Waals surface area contributed by atoms with Gasteiger partial charge in [-0.1, -0.05) is 23.7 Å². The molecule has 1 aliphatic heterocycles. The van der Waals surface area contributed by atoms with Gasteiger partial charge in [-0.25, -0.2) is 4.68 Å². The van der Waals surface area contributed by atoms with Gasteiger partial charge in [0.1, 0.15) is 0 Å². The quantitative estimate of drug-likeness (QED) is 0.799. The Hall–Kier alpha value is -1.21. The highest BCUT2D eigenvalue weighted by Gasteiger charge is 2.23. The van der Waals surface area contributed by atoms with E-state index in [1.54, 1.807) is 10.7 Å². The zero-order valence-electron chi connectivity index (χ0n) is 12.5.